The molecule has 1 aliphatic heterocycles. The maximum Gasteiger partial charge on any atom is 0.269 e. The smallest absolute Gasteiger partial charge is 0.269 e. The van der Waals surface area contributed by atoms with Crippen LogP contribution in [-0.2, 0) is 6.54 Å². The molecule has 0 saturated heterocycles. The number of hydrogen-bond donors (Lipinski definition) is 1. The first-order chi connectivity index (χ1) is 15.0. The average molecular weight is 412 g/mol. The quantitative estimate of drug-likeness (QED) is 0.545. The summed E-state index contributed by atoms with van der Waals surface area (Å²) in [7, 11) is 2.14. The van der Waals surface area contributed by atoms with Gasteiger partial charge in [-0.25, -0.2) is 4.68 Å². The summed E-state index contributed by atoms with van der Waals surface area (Å²) in [4.78, 5) is 13.7. The van der Waals surface area contributed by atoms with Crippen LogP contribution >= 0.6 is 0 Å². The van der Waals surface area contributed by atoms with Crippen LogP contribution in [0, 0.1) is 6.92 Å². The number of aryl methyl sites for hydroxylation is 1. The molecule has 0 aliphatic carbocycles. The zero-order valence-corrected chi connectivity index (χ0v) is 17.7. The van der Waals surface area contributed by atoms with Gasteiger partial charge in [-0.2, -0.15) is 5.10 Å². The van der Waals surface area contributed by atoms with Gasteiger partial charge < -0.3 is 10.3 Å². The van der Waals surface area contributed by atoms with Crippen molar-refractivity contribution in [3.63, 3.8) is 0 Å². The third kappa shape index (κ3) is 3.66. The first kappa shape index (κ1) is 19.3. The van der Waals surface area contributed by atoms with Crippen LogP contribution in [-0.4, -0.2) is 45.3 Å². The maximum atomic E-state index is 11.4. The Balaban J connectivity index is 1.39. The number of hydrogen-bond acceptors (Lipinski definition) is 3. The average Bonchev–Trinajstić information content (AvgIpc) is 3.47. The normalized spacial score (nSPS) is 14.3. The fraction of sp³-hybridized carbons (Fsp3) is 0.200. The van der Waals surface area contributed by atoms with Crippen molar-refractivity contribution >= 4 is 22.4 Å². The molecule has 5 rings (SSSR count). The van der Waals surface area contributed by atoms with Gasteiger partial charge in [0.2, 0.25) is 0 Å². The first-order valence-electron chi connectivity index (χ1n) is 10.4. The van der Waals surface area contributed by atoms with E-state index in [0.717, 1.165) is 41.9 Å². The van der Waals surface area contributed by atoms with Gasteiger partial charge in [0.1, 0.15) is 0 Å². The molecule has 1 aliphatic rings. The standard InChI is InChI=1S/C25H25N5O/c1-17-13-23(25(26)31)27-30(17)22-7-8-24-20(14-22)10-12-29(24)15-18-3-5-19(6-4-18)21-9-11-28(2)16-21/h3-10,12-14H,11,15-16H2,1-2H3,(H2,26,31). The number of amides is 1. The molecule has 0 atom stereocenters. The molecule has 0 saturated carbocycles. The number of fused-ring (bicyclic) bond motifs is 1. The van der Waals surface area contributed by atoms with Crippen molar-refractivity contribution in [2.45, 2.75) is 13.5 Å². The van der Waals surface area contributed by atoms with Gasteiger partial charge in [0.25, 0.3) is 5.91 Å². The molecular weight excluding hydrogens is 386 g/mol. The number of rotatable bonds is 5. The number of nitrogens with two attached hydrogens (primary N) is 1. The monoisotopic (exact) mass is 411 g/mol. The van der Waals surface area contributed by atoms with Gasteiger partial charge in [0, 0.05) is 42.4 Å². The van der Waals surface area contributed by atoms with Crippen LogP contribution in [0.4, 0.5) is 0 Å². The van der Waals surface area contributed by atoms with Gasteiger partial charge >= 0.3 is 0 Å². The van der Waals surface area contributed by atoms with Gasteiger partial charge in [-0.05, 0) is 61.0 Å². The second-order valence-electron chi connectivity index (χ2n) is 8.26. The van der Waals surface area contributed by atoms with E-state index >= 15 is 0 Å². The minimum atomic E-state index is -0.517. The molecular formula is C25H25N5O. The molecule has 6 nitrogen and oxygen atoms in total. The molecule has 0 bridgehead atoms. The lowest BCUT2D eigenvalue weighted by atomic mass is 10.0. The second-order valence-corrected chi connectivity index (χ2v) is 8.26. The van der Waals surface area contributed by atoms with Gasteiger partial charge in [-0.1, -0.05) is 30.3 Å². The van der Waals surface area contributed by atoms with Crippen molar-refractivity contribution in [3.05, 3.63) is 89.4 Å². The number of aromatic nitrogens is 3. The number of primary amides is 1. The van der Waals surface area contributed by atoms with E-state index in [1.165, 1.54) is 16.7 Å². The summed E-state index contributed by atoms with van der Waals surface area (Å²) >= 11 is 0. The molecule has 3 heterocycles. The fourth-order valence-electron chi connectivity index (χ4n) is 4.23. The van der Waals surface area contributed by atoms with Crippen molar-refractivity contribution in [1.82, 2.24) is 19.2 Å². The number of nitrogens with zero attached hydrogens (tertiary/aromatic N) is 4. The Morgan fingerprint density at radius 3 is 2.58 bits per heavy atom. The van der Waals surface area contributed by atoms with E-state index in [4.69, 9.17) is 5.73 Å². The third-order valence-corrected chi connectivity index (χ3v) is 5.91. The lowest BCUT2D eigenvalue weighted by Gasteiger charge is -2.10. The van der Waals surface area contributed by atoms with E-state index in [0.29, 0.717) is 0 Å². The number of carbonyl (C=O) groups excluding carboxylic acids is 1. The van der Waals surface area contributed by atoms with E-state index in [-0.39, 0.29) is 5.69 Å². The Hall–Kier alpha value is -3.64. The van der Waals surface area contributed by atoms with Crippen molar-refractivity contribution in [1.29, 1.82) is 0 Å². The minimum Gasteiger partial charge on any atom is -0.364 e. The van der Waals surface area contributed by atoms with Crippen LogP contribution in [0.1, 0.15) is 27.3 Å². The molecule has 1 amide bonds. The maximum absolute atomic E-state index is 11.4. The van der Waals surface area contributed by atoms with Crippen molar-refractivity contribution in [2.24, 2.45) is 5.73 Å². The zero-order valence-electron chi connectivity index (χ0n) is 17.7. The third-order valence-electron chi connectivity index (χ3n) is 5.91. The topological polar surface area (TPSA) is 69.1 Å². The van der Waals surface area contributed by atoms with Crippen molar-refractivity contribution < 1.29 is 4.79 Å². The largest absolute Gasteiger partial charge is 0.364 e. The summed E-state index contributed by atoms with van der Waals surface area (Å²) < 4.78 is 4.01. The first-order valence-corrected chi connectivity index (χ1v) is 10.4. The van der Waals surface area contributed by atoms with Crippen LogP contribution in [0.25, 0.3) is 22.2 Å². The molecule has 0 radical (unpaired) electrons. The predicted molar refractivity (Wildman–Crippen MR) is 123 cm³/mol. The highest BCUT2D eigenvalue weighted by molar-refractivity contribution is 5.91. The Kier molecular flexibility index (Phi) is 4.71. The van der Waals surface area contributed by atoms with E-state index in [1.807, 2.05) is 13.0 Å². The van der Waals surface area contributed by atoms with Crippen LogP contribution < -0.4 is 5.73 Å². The van der Waals surface area contributed by atoms with Gasteiger partial charge in [0.15, 0.2) is 5.69 Å². The molecule has 0 fully saturated rings. The van der Waals surface area contributed by atoms with Crippen LogP contribution in [0.5, 0.6) is 0 Å². The van der Waals surface area contributed by atoms with Crippen LogP contribution in [0.3, 0.4) is 0 Å². The minimum absolute atomic E-state index is 0.277. The molecule has 31 heavy (non-hydrogen) atoms. The Morgan fingerprint density at radius 1 is 1.10 bits per heavy atom. The van der Waals surface area contributed by atoms with E-state index in [1.54, 1.807) is 10.7 Å². The second kappa shape index (κ2) is 7.56. The zero-order chi connectivity index (χ0) is 21.5. The number of likely N-dealkylation sites (N-methyl/N-ethyl adjacent to an activating group) is 1. The summed E-state index contributed by atoms with van der Waals surface area (Å²) in [5.74, 6) is -0.517. The lowest BCUT2D eigenvalue weighted by Crippen LogP contribution is -2.13. The van der Waals surface area contributed by atoms with Gasteiger partial charge in [-0.3, -0.25) is 9.69 Å². The van der Waals surface area contributed by atoms with Crippen LogP contribution in [0.2, 0.25) is 0 Å². The van der Waals surface area contributed by atoms with E-state index in [9.17, 15) is 4.79 Å². The summed E-state index contributed by atoms with van der Waals surface area (Å²) in [6.07, 6.45) is 4.42. The highest BCUT2D eigenvalue weighted by atomic mass is 16.1. The predicted octanol–water partition coefficient (Wildman–Crippen LogP) is 3.61. The summed E-state index contributed by atoms with van der Waals surface area (Å²) in [6.45, 7) is 4.77. The summed E-state index contributed by atoms with van der Waals surface area (Å²) in [6, 6.07) is 18.9. The Labute approximate surface area is 181 Å². The highest BCUT2D eigenvalue weighted by Crippen LogP contribution is 2.24. The molecule has 2 aromatic carbocycles. The number of carbonyl (C=O) groups is 1. The molecule has 0 spiro atoms. The molecule has 2 aromatic heterocycles. The molecule has 0 unspecified atom stereocenters. The Morgan fingerprint density at radius 2 is 1.90 bits per heavy atom. The molecule has 2 N–H and O–H groups in total. The van der Waals surface area contributed by atoms with Crippen molar-refractivity contribution in [2.75, 3.05) is 20.1 Å². The Bertz CT molecular complexity index is 1310. The van der Waals surface area contributed by atoms with E-state index in [2.05, 4.69) is 76.4 Å². The van der Waals surface area contributed by atoms with Crippen LogP contribution in [0.15, 0.2) is 66.9 Å². The molecule has 4 aromatic rings. The lowest BCUT2D eigenvalue weighted by molar-refractivity contribution is 0.0995. The SMILES string of the molecule is Cc1cc(C(N)=O)nn1-c1ccc2c(ccn2Cc2ccc(C3=CCN(C)C3)cc2)c1. The van der Waals surface area contributed by atoms with Gasteiger partial charge in [0.05, 0.1) is 5.69 Å². The summed E-state index contributed by atoms with van der Waals surface area (Å²) in [5.41, 5.74) is 12.6. The van der Waals surface area contributed by atoms with Crippen molar-refractivity contribution in [3.8, 4) is 5.69 Å². The number of benzene rings is 2. The molecule has 156 valence electrons. The fourth-order valence-corrected chi connectivity index (χ4v) is 4.23. The highest BCUT2D eigenvalue weighted by Gasteiger charge is 2.13. The van der Waals surface area contributed by atoms with Gasteiger partial charge in [-0.15, -0.1) is 0 Å². The van der Waals surface area contributed by atoms with E-state index < -0.39 is 5.91 Å². The summed E-state index contributed by atoms with van der Waals surface area (Å²) in [5, 5.41) is 5.46. The molecule has 6 heteroatoms.